The Kier molecular flexibility index (Phi) is 5.00. The molecule has 106 valence electrons. The smallest absolute Gasteiger partial charge is 0.208 e. The van der Waals surface area contributed by atoms with E-state index in [-0.39, 0.29) is 0 Å². The number of hydrogen-bond donors (Lipinski definition) is 2. The molecule has 5 nitrogen and oxygen atoms in total. The molecule has 2 fully saturated rings. The molecule has 0 aromatic rings. The number of piperidine rings is 1. The van der Waals surface area contributed by atoms with Gasteiger partial charge >= 0.3 is 0 Å². The van der Waals surface area contributed by atoms with Gasteiger partial charge < -0.3 is 10.2 Å². The van der Waals surface area contributed by atoms with Gasteiger partial charge in [0.05, 0.1) is 6.26 Å². The molecule has 0 saturated carbocycles. The highest BCUT2D eigenvalue weighted by Crippen LogP contribution is 2.26. The second-order valence-electron chi connectivity index (χ2n) is 5.53. The molecule has 0 aromatic heterocycles. The van der Waals surface area contributed by atoms with E-state index in [1.54, 1.807) is 0 Å². The molecule has 6 heteroatoms. The van der Waals surface area contributed by atoms with Gasteiger partial charge in [-0.25, -0.2) is 13.1 Å². The Balaban J connectivity index is 1.57. The van der Waals surface area contributed by atoms with Crippen LogP contribution in [-0.2, 0) is 10.0 Å². The summed E-state index contributed by atoms with van der Waals surface area (Å²) in [4.78, 5) is 2.61. The summed E-state index contributed by atoms with van der Waals surface area (Å²) in [6, 6.07) is 1.42. The number of nitrogens with zero attached hydrogens (tertiary/aromatic N) is 1. The Hall–Kier alpha value is -0.170. The van der Waals surface area contributed by atoms with Gasteiger partial charge in [0.15, 0.2) is 0 Å². The van der Waals surface area contributed by atoms with Gasteiger partial charge in [0.1, 0.15) is 0 Å². The lowest BCUT2D eigenvalue weighted by Gasteiger charge is -2.35. The molecule has 18 heavy (non-hydrogen) atoms. The minimum atomic E-state index is -3.03. The molecule has 2 unspecified atom stereocenters. The summed E-state index contributed by atoms with van der Waals surface area (Å²) in [5.41, 5.74) is 0. The van der Waals surface area contributed by atoms with E-state index in [1.165, 1.54) is 45.0 Å². The summed E-state index contributed by atoms with van der Waals surface area (Å²) in [5.74, 6) is 0. The molecule has 2 aliphatic rings. The summed E-state index contributed by atoms with van der Waals surface area (Å²) in [6.07, 6.45) is 7.27. The molecule has 2 N–H and O–H groups in total. The lowest BCUT2D eigenvalue weighted by molar-refractivity contribution is 0.167. The maximum atomic E-state index is 10.9. The van der Waals surface area contributed by atoms with Crippen molar-refractivity contribution in [1.29, 1.82) is 0 Å². The zero-order valence-electron chi connectivity index (χ0n) is 11.2. The van der Waals surface area contributed by atoms with Gasteiger partial charge in [-0.15, -0.1) is 0 Å². The van der Waals surface area contributed by atoms with Crippen LogP contribution in [0.15, 0.2) is 0 Å². The summed E-state index contributed by atoms with van der Waals surface area (Å²) in [6.45, 7) is 3.95. The Bertz CT molecular complexity index is 358. The first-order valence-electron chi connectivity index (χ1n) is 6.97. The van der Waals surface area contributed by atoms with Crippen molar-refractivity contribution in [1.82, 2.24) is 14.9 Å². The van der Waals surface area contributed by atoms with Crippen LogP contribution in [0.5, 0.6) is 0 Å². The number of sulfonamides is 1. The summed E-state index contributed by atoms with van der Waals surface area (Å²) in [5, 5.41) is 3.56. The van der Waals surface area contributed by atoms with Gasteiger partial charge in [0.25, 0.3) is 0 Å². The van der Waals surface area contributed by atoms with Gasteiger partial charge in [-0.2, -0.15) is 0 Å². The fourth-order valence-electron chi connectivity index (χ4n) is 3.06. The van der Waals surface area contributed by atoms with E-state index in [2.05, 4.69) is 14.9 Å². The van der Waals surface area contributed by atoms with Crippen LogP contribution in [0.3, 0.4) is 0 Å². The van der Waals surface area contributed by atoms with Crippen molar-refractivity contribution >= 4 is 10.0 Å². The third kappa shape index (κ3) is 4.50. The number of fused-ring (bicyclic) bond motifs is 1. The van der Waals surface area contributed by atoms with Gasteiger partial charge in [-0.1, -0.05) is 0 Å². The van der Waals surface area contributed by atoms with Crippen LogP contribution in [0.25, 0.3) is 0 Å². The van der Waals surface area contributed by atoms with Crippen molar-refractivity contribution in [2.75, 3.05) is 32.4 Å². The van der Waals surface area contributed by atoms with Crippen molar-refractivity contribution in [2.45, 2.75) is 44.2 Å². The van der Waals surface area contributed by atoms with Crippen molar-refractivity contribution in [3.63, 3.8) is 0 Å². The fraction of sp³-hybridized carbons (Fsp3) is 1.00. The zero-order valence-corrected chi connectivity index (χ0v) is 12.0. The molecular formula is C12H25N3O2S. The first-order valence-corrected chi connectivity index (χ1v) is 8.86. The van der Waals surface area contributed by atoms with E-state index in [0.29, 0.717) is 12.6 Å². The molecule has 2 heterocycles. The Morgan fingerprint density at radius 1 is 1.22 bits per heavy atom. The summed E-state index contributed by atoms with van der Waals surface area (Å²) < 4.78 is 24.3. The summed E-state index contributed by atoms with van der Waals surface area (Å²) >= 11 is 0. The molecule has 2 saturated heterocycles. The predicted octanol–water partition coefficient (Wildman–Crippen LogP) is 0.142. The quantitative estimate of drug-likeness (QED) is 0.677. The normalized spacial score (nSPS) is 29.4. The predicted molar refractivity (Wildman–Crippen MR) is 73.1 cm³/mol. The van der Waals surface area contributed by atoms with Crippen molar-refractivity contribution in [2.24, 2.45) is 0 Å². The van der Waals surface area contributed by atoms with Crippen LogP contribution in [0.1, 0.15) is 32.1 Å². The fourth-order valence-corrected chi connectivity index (χ4v) is 3.58. The molecule has 0 radical (unpaired) electrons. The van der Waals surface area contributed by atoms with E-state index in [1.807, 2.05) is 0 Å². The Labute approximate surface area is 110 Å². The van der Waals surface area contributed by atoms with Crippen LogP contribution in [0, 0.1) is 0 Å². The Morgan fingerprint density at radius 3 is 2.83 bits per heavy atom. The molecule has 0 aliphatic carbocycles. The Morgan fingerprint density at radius 2 is 2.06 bits per heavy atom. The third-order valence-corrected chi connectivity index (χ3v) is 4.70. The van der Waals surface area contributed by atoms with Crippen LogP contribution < -0.4 is 10.0 Å². The maximum absolute atomic E-state index is 10.9. The first-order chi connectivity index (χ1) is 8.54. The second kappa shape index (κ2) is 6.32. The molecule has 0 aromatic carbocycles. The monoisotopic (exact) mass is 275 g/mol. The molecule has 2 aliphatic heterocycles. The highest BCUT2D eigenvalue weighted by atomic mass is 32.2. The standard InChI is InChI=1S/C12H25N3O2S/c1-18(16,17)14-7-3-6-13-11-5-9-15-8-2-4-12(15)10-11/h11-14H,2-10H2,1H3. The molecule has 0 spiro atoms. The van der Waals surface area contributed by atoms with Crippen molar-refractivity contribution < 1.29 is 8.42 Å². The van der Waals surface area contributed by atoms with E-state index in [9.17, 15) is 8.42 Å². The van der Waals surface area contributed by atoms with E-state index in [0.717, 1.165) is 19.0 Å². The first kappa shape index (κ1) is 14.2. The van der Waals surface area contributed by atoms with Crippen LogP contribution >= 0.6 is 0 Å². The zero-order chi connectivity index (χ0) is 13.0. The second-order valence-corrected chi connectivity index (χ2v) is 7.36. The van der Waals surface area contributed by atoms with E-state index in [4.69, 9.17) is 0 Å². The number of rotatable bonds is 6. The SMILES string of the molecule is CS(=O)(=O)NCCCNC1CCN2CCCC2C1. The molecule has 0 bridgehead atoms. The van der Waals surface area contributed by atoms with E-state index >= 15 is 0 Å². The summed E-state index contributed by atoms with van der Waals surface area (Å²) in [7, 11) is -3.03. The van der Waals surface area contributed by atoms with Crippen molar-refractivity contribution in [3.05, 3.63) is 0 Å². The lowest BCUT2D eigenvalue weighted by atomic mass is 9.97. The highest BCUT2D eigenvalue weighted by molar-refractivity contribution is 7.88. The minimum Gasteiger partial charge on any atom is -0.314 e. The van der Waals surface area contributed by atoms with Crippen LogP contribution in [0.4, 0.5) is 0 Å². The van der Waals surface area contributed by atoms with Crippen LogP contribution in [-0.4, -0.2) is 57.8 Å². The van der Waals surface area contributed by atoms with Crippen molar-refractivity contribution in [3.8, 4) is 0 Å². The largest absolute Gasteiger partial charge is 0.314 e. The number of hydrogen-bond acceptors (Lipinski definition) is 4. The number of nitrogens with one attached hydrogen (secondary N) is 2. The maximum Gasteiger partial charge on any atom is 0.208 e. The molecule has 0 amide bonds. The topological polar surface area (TPSA) is 61.4 Å². The minimum absolute atomic E-state index is 0.536. The van der Waals surface area contributed by atoms with Gasteiger partial charge in [-0.05, 0) is 51.7 Å². The molecule has 2 rings (SSSR count). The third-order valence-electron chi connectivity index (χ3n) is 3.97. The molecule has 2 atom stereocenters. The van der Waals surface area contributed by atoms with E-state index < -0.39 is 10.0 Å². The molecular weight excluding hydrogens is 250 g/mol. The van der Waals surface area contributed by atoms with Crippen LogP contribution in [0.2, 0.25) is 0 Å². The average molecular weight is 275 g/mol. The lowest BCUT2D eigenvalue weighted by Crippen LogP contribution is -2.46. The van der Waals surface area contributed by atoms with Gasteiger partial charge in [0, 0.05) is 18.6 Å². The average Bonchev–Trinajstić information content (AvgIpc) is 2.74. The van der Waals surface area contributed by atoms with Gasteiger partial charge in [-0.3, -0.25) is 0 Å². The van der Waals surface area contributed by atoms with Gasteiger partial charge in [0.2, 0.25) is 10.0 Å². The highest BCUT2D eigenvalue weighted by Gasteiger charge is 2.31.